The Balaban J connectivity index is 1.27. The summed E-state index contributed by atoms with van der Waals surface area (Å²) in [5, 5.41) is 9.53. The second-order valence-corrected chi connectivity index (χ2v) is 12.0. The van der Waals surface area contributed by atoms with Gasteiger partial charge in [-0.1, -0.05) is 6.58 Å². The molecule has 2 aromatic rings. The van der Waals surface area contributed by atoms with Crippen LogP contribution in [0.5, 0.6) is 11.8 Å². The first-order chi connectivity index (χ1) is 21.1. The van der Waals surface area contributed by atoms with E-state index in [9.17, 15) is 10.1 Å². The van der Waals surface area contributed by atoms with Crippen molar-refractivity contribution >= 4 is 17.4 Å². The van der Waals surface area contributed by atoms with Crippen molar-refractivity contribution in [3.8, 4) is 17.8 Å². The van der Waals surface area contributed by atoms with Crippen molar-refractivity contribution in [2.24, 2.45) is 0 Å². The molecule has 0 radical (unpaired) electrons. The Bertz CT molecular complexity index is 1370. The van der Waals surface area contributed by atoms with Gasteiger partial charge in [0, 0.05) is 56.4 Å². The Labute approximate surface area is 254 Å². The number of hydrogen-bond acceptors (Lipinski definition) is 9. The number of likely N-dealkylation sites (tertiary alicyclic amines) is 1. The minimum Gasteiger partial charge on any atom is -0.497 e. The van der Waals surface area contributed by atoms with Crippen molar-refractivity contribution in [1.29, 1.82) is 5.26 Å². The Hall–Kier alpha value is -3.84. The Morgan fingerprint density at radius 2 is 2.00 bits per heavy atom. The maximum atomic E-state index is 12.5. The molecule has 0 spiro atoms. The highest BCUT2D eigenvalue weighted by molar-refractivity contribution is 5.87. The Kier molecular flexibility index (Phi) is 8.98. The fourth-order valence-corrected chi connectivity index (χ4v) is 7.26. The molecule has 1 aliphatic carbocycles. The number of carbonyl (C=O) groups is 1. The van der Waals surface area contributed by atoms with Gasteiger partial charge in [-0.25, -0.2) is 0 Å². The van der Waals surface area contributed by atoms with Gasteiger partial charge in [0.05, 0.1) is 31.3 Å². The van der Waals surface area contributed by atoms with Gasteiger partial charge in [0.25, 0.3) is 0 Å². The number of methoxy groups -OCH3 is 1. The van der Waals surface area contributed by atoms with Crippen molar-refractivity contribution in [2.45, 2.75) is 63.5 Å². The van der Waals surface area contributed by atoms with Gasteiger partial charge >= 0.3 is 6.01 Å². The molecule has 2 fully saturated rings. The van der Waals surface area contributed by atoms with Crippen molar-refractivity contribution in [1.82, 2.24) is 19.8 Å². The standard InChI is InChI=1S/C33H43N7O3/c1-3-31(41)40-18-17-38(23-26(40)12-13-34)32-28-10-8-25(39-16-6-7-24-21-27(42-2)9-11-30(24)39)22-29(28)35-33(36-32)43-20-19-37-14-4-5-15-37/h3,9,11,21,25-26H,1,4-8,10,12,14-20,22-23H2,2H3/t25?,26-/m0/s1. The SMILES string of the molecule is C=CC(=O)N1CCN(c2nc(OCCN3CCCC3)nc3c2CCC(N2CCCc4cc(OC)ccc42)C3)C[C@@H]1CC#N. The number of benzene rings is 1. The number of aryl methyl sites for hydroxylation is 1. The molecule has 1 aromatic carbocycles. The van der Waals surface area contributed by atoms with Gasteiger partial charge in [-0.3, -0.25) is 9.69 Å². The predicted octanol–water partition coefficient (Wildman–Crippen LogP) is 3.39. The van der Waals surface area contributed by atoms with Crippen molar-refractivity contribution < 1.29 is 14.3 Å². The zero-order chi connectivity index (χ0) is 29.8. The summed E-state index contributed by atoms with van der Waals surface area (Å²) in [7, 11) is 1.72. The van der Waals surface area contributed by atoms with E-state index in [0.717, 1.165) is 75.5 Å². The summed E-state index contributed by atoms with van der Waals surface area (Å²) in [4.78, 5) is 31.6. The van der Waals surface area contributed by atoms with Crippen LogP contribution >= 0.6 is 0 Å². The topological polar surface area (TPSA) is 98.1 Å². The van der Waals surface area contributed by atoms with E-state index in [-0.39, 0.29) is 18.4 Å². The number of nitrogens with zero attached hydrogens (tertiary/aromatic N) is 7. The van der Waals surface area contributed by atoms with Gasteiger partial charge in [0.15, 0.2) is 0 Å². The zero-order valence-electron chi connectivity index (χ0n) is 25.3. The van der Waals surface area contributed by atoms with E-state index in [4.69, 9.17) is 19.4 Å². The Morgan fingerprint density at radius 3 is 2.79 bits per heavy atom. The second kappa shape index (κ2) is 13.2. The van der Waals surface area contributed by atoms with Gasteiger partial charge in [0.2, 0.25) is 5.91 Å². The number of nitriles is 1. The maximum absolute atomic E-state index is 12.5. The normalized spacial score (nSPS) is 22.0. The largest absolute Gasteiger partial charge is 0.497 e. The molecule has 0 bridgehead atoms. The van der Waals surface area contributed by atoms with Crippen LogP contribution in [0.2, 0.25) is 0 Å². The number of amides is 1. The molecular formula is C33H43N7O3. The lowest BCUT2D eigenvalue weighted by atomic mass is 9.88. The van der Waals surface area contributed by atoms with Gasteiger partial charge in [-0.15, -0.1) is 0 Å². The van der Waals surface area contributed by atoms with Gasteiger partial charge in [0.1, 0.15) is 18.2 Å². The van der Waals surface area contributed by atoms with E-state index in [1.807, 2.05) is 0 Å². The molecule has 228 valence electrons. The molecule has 1 unspecified atom stereocenters. The first-order valence-corrected chi connectivity index (χ1v) is 15.8. The van der Waals surface area contributed by atoms with Crippen LogP contribution in [0.25, 0.3) is 0 Å². The van der Waals surface area contributed by atoms with Crippen LogP contribution in [-0.2, 0) is 24.1 Å². The van der Waals surface area contributed by atoms with Crippen molar-refractivity contribution in [3.63, 3.8) is 0 Å². The molecule has 2 saturated heterocycles. The molecule has 1 amide bonds. The van der Waals surface area contributed by atoms with Crippen LogP contribution in [0.1, 0.15) is 48.9 Å². The number of ether oxygens (including phenoxy) is 2. The second-order valence-electron chi connectivity index (χ2n) is 12.0. The molecule has 1 aromatic heterocycles. The third-order valence-corrected chi connectivity index (χ3v) is 9.49. The van der Waals surface area contributed by atoms with Crippen LogP contribution in [-0.4, -0.2) is 97.3 Å². The number of carbonyl (C=O) groups excluding carboxylic acids is 1. The Morgan fingerprint density at radius 1 is 1.14 bits per heavy atom. The summed E-state index contributed by atoms with van der Waals surface area (Å²) in [5.74, 6) is 1.68. The van der Waals surface area contributed by atoms with Crippen molar-refractivity contribution in [3.05, 3.63) is 47.7 Å². The van der Waals surface area contributed by atoms with E-state index in [1.165, 1.54) is 35.7 Å². The lowest BCUT2D eigenvalue weighted by Crippen LogP contribution is -2.55. The molecule has 0 N–H and O–H groups in total. The number of rotatable bonds is 9. The summed E-state index contributed by atoms with van der Waals surface area (Å²) in [6.45, 7) is 10.1. The quantitative estimate of drug-likeness (QED) is 0.410. The molecule has 10 nitrogen and oxygen atoms in total. The average Bonchev–Trinajstić information content (AvgIpc) is 3.57. The van der Waals surface area contributed by atoms with E-state index in [1.54, 1.807) is 12.0 Å². The predicted molar refractivity (Wildman–Crippen MR) is 166 cm³/mol. The first-order valence-electron chi connectivity index (χ1n) is 15.8. The summed E-state index contributed by atoms with van der Waals surface area (Å²) in [5.41, 5.74) is 4.88. The summed E-state index contributed by atoms with van der Waals surface area (Å²) in [6, 6.07) is 9.28. The van der Waals surface area contributed by atoms with E-state index in [2.05, 4.69) is 45.5 Å². The van der Waals surface area contributed by atoms with E-state index < -0.39 is 0 Å². The minimum absolute atomic E-state index is 0.127. The summed E-state index contributed by atoms with van der Waals surface area (Å²) < 4.78 is 11.7. The molecular weight excluding hydrogens is 542 g/mol. The van der Waals surface area contributed by atoms with Crippen LogP contribution in [0, 0.1) is 11.3 Å². The average molecular weight is 586 g/mol. The van der Waals surface area contributed by atoms with E-state index >= 15 is 0 Å². The fraction of sp³-hybridized carbons (Fsp3) is 0.576. The van der Waals surface area contributed by atoms with Crippen LogP contribution < -0.4 is 19.3 Å². The molecule has 2 atom stereocenters. The van der Waals surface area contributed by atoms with Gasteiger partial charge < -0.3 is 24.2 Å². The molecule has 3 aliphatic heterocycles. The molecule has 4 heterocycles. The highest BCUT2D eigenvalue weighted by Crippen LogP contribution is 2.38. The molecule has 43 heavy (non-hydrogen) atoms. The lowest BCUT2D eigenvalue weighted by molar-refractivity contribution is -0.128. The zero-order valence-corrected chi connectivity index (χ0v) is 25.3. The van der Waals surface area contributed by atoms with Crippen LogP contribution in [0.3, 0.4) is 0 Å². The molecule has 6 rings (SSSR count). The highest BCUT2D eigenvalue weighted by atomic mass is 16.5. The highest BCUT2D eigenvalue weighted by Gasteiger charge is 2.35. The number of hydrogen-bond donors (Lipinski definition) is 0. The van der Waals surface area contributed by atoms with Crippen molar-refractivity contribution in [2.75, 3.05) is 69.3 Å². The third kappa shape index (κ3) is 6.28. The number of piperazine rings is 1. The first kappa shape index (κ1) is 29.2. The molecule has 4 aliphatic rings. The fourth-order valence-electron chi connectivity index (χ4n) is 7.26. The van der Waals surface area contributed by atoms with Crippen LogP contribution in [0.15, 0.2) is 30.9 Å². The van der Waals surface area contributed by atoms with E-state index in [0.29, 0.717) is 38.3 Å². The smallest absolute Gasteiger partial charge is 0.318 e. The minimum atomic E-state index is -0.215. The third-order valence-electron chi connectivity index (χ3n) is 9.49. The number of aromatic nitrogens is 2. The summed E-state index contributed by atoms with van der Waals surface area (Å²) in [6.07, 6.45) is 9.01. The monoisotopic (exact) mass is 585 g/mol. The molecule has 10 heteroatoms. The summed E-state index contributed by atoms with van der Waals surface area (Å²) >= 11 is 0. The molecule has 0 saturated carbocycles. The number of anilines is 2. The lowest BCUT2D eigenvalue weighted by Gasteiger charge is -2.43. The van der Waals surface area contributed by atoms with Gasteiger partial charge in [-0.2, -0.15) is 15.2 Å². The maximum Gasteiger partial charge on any atom is 0.318 e. The van der Waals surface area contributed by atoms with Crippen LogP contribution in [0.4, 0.5) is 11.5 Å². The van der Waals surface area contributed by atoms with Gasteiger partial charge in [-0.05, 0) is 81.5 Å². The number of fused-ring (bicyclic) bond motifs is 2.